The lowest BCUT2D eigenvalue weighted by Gasteiger charge is -2.20. The number of carboxylic acids is 1. The topological polar surface area (TPSA) is 50.2 Å². The number of benzene rings is 2. The number of fused-ring (bicyclic) bond motifs is 1. The molecule has 1 aliphatic heterocycles. The quantitative estimate of drug-likeness (QED) is 0.318. The summed E-state index contributed by atoms with van der Waals surface area (Å²) in [7, 11) is 0. The van der Waals surface area contributed by atoms with Crippen molar-refractivity contribution < 1.29 is 23.1 Å². The van der Waals surface area contributed by atoms with Gasteiger partial charge >= 0.3 is 12.1 Å². The Labute approximate surface area is 208 Å². The number of nitrogens with zero attached hydrogens (tertiary/aromatic N) is 1. The molecule has 34 heavy (non-hydrogen) atoms. The number of aromatic nitrogens is 1. The molecule has 1 aromatic heterocycles. The van der Waals surface area contributed by atoms with Crippen molar-refractivity contribution in [3.8, 4) is 10.6 Å². The number of alkyl halides is 3. The molecule has 178 valence electrons. The lowest BCUT2D eigenvalue weighted by atomic mass is 10.1. The minimum atomic E-state index is -4.35. The number of carboxylic acid groups (broad SMARTS) is 1. The SMILES string of the molecule is Cc1ccc2c(c1SCc1sc(-c3ccc(C(F)(F)F)cc3)nc1C)CC=C(CCC(=O)O)S2. The normalized spacial score (nSPS) is 13.5. The first-order valence-electron chi connectivity index (χ1n) is 10.6. The van der Waals surface area contributed by atoms with Gasteiger partial charge in [-0.1, -0.05) is 36.0 Å². The molecule has 0 aliphatic carbocycles. The van der Waals surface area contributed by atoms with Crippen LogP contribution in [0.5, 0.6) is 0 Å². The number of rotatable bonds is 7. The van der Waals surface area contributed by atoms with Crippen LogP contribution in [0.3, 0.4) is 0 Å². The van der Waals surface area contributed by atoms with Crippen molar-refractivity contribution in [2.45, 2.75) is 54.8 Å². The minimum Gasteiger partial charge on any atom is -0.481 e. The number of aryl methyl sites for hydroxylation is 2. The maximum atomic E-state index is 12.9. The molecular formula is C25H22F3NO2S3. The van der Waals surface area contributed by atoms with E-state index in [9.17, 15) is 18.0 Å². The Morgan fingerprint density at radius 3 is 2.56 bits per heavy atom. The first-order valence-corrected chi connectivity index (χ1v) is 13.2. The lowest BCUT2D eigenvalue weighted by molar-refractivity contribution is -0.138. The Morgan fingerprint density at radius 2 is 1.88 bits per heavy atom. The van der Waals surface area contributed by atoms with Crippen molar-refractivity contribution in [1.29, 1.82) is 0 Å². The summed E-state index contributed by atoms with van der Waals surface area (Å²) in [6.07, 6.45) is -0.772. The van der Waals surface area contributed by atoms with E-state index >= 15 is 0 Å². The molecule has 4 rings (SSSR count). The number of allylic oxidation sites excluding steroid dienone is 2. The maximum absolute atomic E-state index is 12.9. The standard InChI is InChI=1S/C25H22F3NO2S3/c1-14-3-11-20-19(10-8-18(33-20)9-12-22(30)31)23(14)32-13-21-15(2)29-24(34-21)16-4-6-17(7-5-16)25(26,27)28/h3-8,11H,9-10,12-13H2,1-2H3,(H,30,31). The van der Waals surface area contributed by atoms with Gasteiger partial charge in [0.05, 0.1) is 11.3 Å². The third-order valence-corrected chi connectivity index (χ3v) is 9.39. The van der Waals surface area contributed by atoms with E-state index < -0.39 is 17.7 Å². The van der Waals surface area contributed by atoms with Gasteiger partial charge in [0.1, 0.15) is 5.01 Å². The summed E-state index contributed by atoms with van der Waals surface area (Å²) >= 11 is 4.91. The van der Waals surface area contributed by atoms with Crippen molar-refractivity contribution in [3.05, 3.63) is 74.6 Å². The van der Waals surface area contributed by atoms with Gasteiger partial charge in [-0.15, -0.1) is 23.1 Å². The molecule has 0 unspecified atom stereocenters. The Bertz CT molecular complexity index is 1250. The molecule has 0 bridgehead atoms. The molecular weight excluding hydrogens is 499 g/mol. The van der Waals surface area contributed by atoms with Crippen LogP contribution in [0.2, 0.25) is 0 Å². The van der Waals surface area contributed by atoms with Gasteiger partial charge in [0.2, 0.25) is 0 Å². The molecule has 0 amide bonds. The van der Waals surface area contributed by atoms with Crippen molar-refractivity contribution in [3.63, 3.8) is 0 Å². The van der Waals surface area contributed by atoms with Gasteiger partial charge in [0.15, 0.2) is 0 Å². The summed E-state index contributed by atoms with van der Waals surface area (Å²) in [5, 5.41) is 9.67. The van der Waals surface area contributed by atoms with Crippen molar-refractivity contribution >= 4 is 40.8 Å². The van der Waals surface area contributed by atoms with Gasteiger partial charge in [-0.3, -0.25) is 4.79 Å². The van der Waals surface area contributed by atoms with Gasteiger partial charge in [-0.05, 0) is 60.9 Å². The number of hydrogen-bond acceptors (Lipinski definition) is 5. The number of thiazole rings is 1. The first-order chi connectivity index (χ1) is 16.1. The second kappa shape index (κ2) is 10.2. The van der Waals surface area contributed by atoms with Crippen molar-refractivity contribution in [2.75, 3.05) is 0 Å². The number of thioether (sulfide) groups is 2. The van der Waals surface area contributed by atoms with Crippen LogP contribution in [-0.2, 0) is 23.1 Å². The Morgan fingerprint density at radius 1 is 1.15 bits per heavy atom. The number of hydrogen-bond donors (Lipinski definition) is 1. The third kappa shape index (κ3) is 5.70. The van der Waals surface area contributed by atoms with Crippen LogP contribution in [0.25, 0.3) is 10.6 Å². The summed E-state index contributed by atoms with van der Waals surface area (Å²) in [6, 6.07) is 9.34. The molecule has 9 heteroatoms. The minimum absolute atomic E-state index is 0.132. The van der Waals surface area contributed by atoms with Gasteiger partial charge in [0, 0.05) is 32.4 Å². The highest BCUT2D eigenvalue weighted by atomic mass is 32.2. The smallest absolute Gasteiger partial charge is 0.416 e. The molecule has 0 saturated heterocycles. The van der Waals surface area contributed by atoms with E-state index in [1.54, 1.807) is 23.5 Å². The highest BCUT2D eigenvalue weighted by Crippen LogP contribution is 2.43. The molecule has 0 fully saturated rings. The molecule has 1 N–H and O–H groups in total. The Kier molecular flexibility index (Phi) is 7.45. The third-order valence-electron chi connectivity index (χ3n) is 5.47. The molecule has 0 atom stereocenters. The monoisotopic (exact) mass is 521 g/mol. The fourth-order valence-electron chi connectivity index (χ4n) is 3.62. The second-order valence-electron chi connectivity index (χ2n) is 7.95. The average Bonchev–Trinajstić information content (AvgIpc) is 3.17. The zero-order chi connectivity index (χ0) is 24.5. The van der Waals surface area contributed by atoms with E-state index in [0.717, 1.165) is 44.8 Å². The van der Waals surface area contributed by atoms with E-state index in [0.29, 0.717) is 12.0 Å². The second-order valence-corrected chi connectivity index (χ2v) is 11.2. The molecule has 1 aliphatic rings. The van der Waals surface area contributed by atoms with Crippen LogP contribution in [0.4, 0.5) is 13.2 Å². The molecule has 3 aromatic rings. The van der Waals surface area contributed by atoms with Gasteiger partial charge in [0.25, 0.3) is 0 Å². The van der Waals surface area contributed by atoms with Crippen LogP contribution in [0.15, 0.2) is 57.2 Å². The fourth-order valence-corrected chi connectivity index (χ4v) is 7.21. The number of aliphatic carboxylic acids is 1. The summed E-state index contributed by atoms with van der Waals surface area (Å²) in [6.45, 7) is 4.02. The summed E-state index contributed by atoms with van der Waals surface area (Å²) in [5.74, 6) is -0.0650. The van der Waals surface area contributed by atoms with Crippen LogP contribution >= 0.6 is 34.9 Å². The molecule has 2 aromatic carbocycles. The van der Waals surface area contributed by atoms with Crippen LogP contribution < -0.4 is 0 Å². The average molecular weight is 522 g/mol. The van der Waals surface area contributed by atoms with Gasteiger partial charge in [-0.2, -0.15) is 13.2 Å². The highest BCUT2D eigenvalue weighted by Gasteiger charge is 2.30. The lowest BCUT2D eigenvalue weighted by Crippen LogP contribution is -2.03. The fraction of sp³-hybridized carbons (Fsp3) is 0.280. The van der Waals surface area contributed by atoms with Crippen LogP contribution in [0, 0.1) is 13.8 Å². The predicted octanol–water partition coefficient (Wildman–Crippen LogP) is 8.13. The van der Waals surface area contributed by atoms with Crippen molar-refractivity contribution in [2.24, 2.45) is 0 Å². The Hall–Kier alpha value is -2.23. The van der Waals surface area contributed by atoms with Crippen molar-refractivity contribution in [1.82, 2.24) is 4.98 Å². The molecule has 2 heterocycles. The van der Waals surface area contributed by atoms with Crippen LogP contribution in [-0.4, -0.2) is 16.1 Å². The molecule has 0 saturated carbocycles. The van der Waals surface area contributed by atoms with Gasteiger partial charge in [-0.25, -0.2) is 4.98 Å². The van der Waals surface area contributed by atoms with Crippen LogP contribution in [0.1, 0.15) is 40.1 Å². The largest absolute Gasteiger partial charge is 0.481 e. The maximum Gasteiger partial charge on any atom is 0.416 e. The molecule has 0 spiro atoms. The van der Waals surface area contributed by atoms with E-state index in [2.05, 4.69) is 30.1 Å². The first kappa shape index (κ1) is 24.9. The van der Waals surface area contributed by atoms with Gasteiger partial charge < -0.3 is 5.11 Å². The molecule has 0 radical (unpaired) electrons. The summed E-state index contributed by atoms with van der Waals surface area (Å²) in [5.41, 5.74) is 3.36. The highest BCUT2D eigenvalue weighted by molar-refractivity contribution is 8.03. The van der Waals surface area contributed by atoms with E-state index in [-0.39, 0.29) is 6.42 Å². The summed E-state index contributed by atoms with van der Waals surface area (Å²) < 4.78 is 38.6. The van der Waals surface area contributed by atoms with E-state index in [4.69, 9.17) is 5.11 Å². The predicted molar refractivity (Wildman–Crippen MR) is 133 cm³/mol. The van der Waals surface area contributed by atoms with E-state index in [1.165, 1.54) is 44.4 Å². The molecule has 3 nitrogen and oxygen atoms in total. The van der Waals surface area contributed by atoms with E-state index in [1.807, 2.05) is 6.92 Å². The number of carbonyl (C=O) groups is 1. The summed E-state index contributed by atoms with van der Waals surface area (Å²) in [4.78, 5) is 20.1. The number of halogens is 3. The zero-order valence-electron chi connectivity index (χ0n) is 18.5. The zero-order valence-corrected chi connectivity index (χ0v) is 21.0. The Balaban J connectivity index is 1.49.